The molecule has 1 atom stereocenters. The Kier molecular flexibility index (Phi) is 5.43. The monoisotopic (exact) mass is 333 g/mol. The van der Waals surface area contributed by atoms with Crippen molar-refractivity contribution >= 4 is 6.03 Å². The minimum absolute atomic E-state index is 0.191. The Hall–Kier alpha value is -2.41. The molecule has 2 heterocycles. The zero-order valence-corrected chi connectivity index (χ0v) is 13.3. The van der Waals surface area contributed by atoms with E-state index in [0.717, 1.165) is 18.7 Å². The number of rotatable bonds is 6. The summed E-state index contributed by atoms with van der Waals surface area (Å²) >= 11 is 0. The van der Waals surface area contributed by atoms with E-state index in [1.165, 1.54) is 12.1 Å². The van der Waals surface area contributed by atoms with Gasteiger partial charge in [-0.15, -0.1) is 0 Å². The van der Waals surface area contributed by atoms with E-state index in [0.29, 0.717) is 43.5 Å². The Morgan fingerprint density at radius 3 is 2.88 bits per heavy atom. The van der Waals surface area contributed by atoms with E-state index in [9.17, 15) is 9.18 Å². The maximum absolute atomic E-state index is 12.9. The minimum atomic E-state index is -0.301. The van der Waals surface area contributed by atoms with Gasteiger partial charge in [0.25, 0.3) is 0 Å². The van der Waals surface area contributed by atoms with Gasteiger partial charge in [-0.3, -0.25) is 0 Å². The number of nitrogens with zero attached hydrogens (tertiary/aromatic N) is 1. The van der Waals surface area contributed by atoms with Crippen molar-refractivity contribution in [2.24, 2.45) is 5.92 Å². The molecule has 24 heavy (non-hydrogen) atoms. The summed E-state index contributed by atoms with van der Waals surface area (Å²) in [4.78, 5) is 16.0. The van der Waals surface area contributed by atoms with E-state index < -0.39 is 0 Å². The van der Waals surface area contributed by atoms with Gasteiger partial charge in [0.2, 0.25) is 5.89 Å². The molecule has 0 saturated carbocycles. The van der Waals surface area contributed by atoms with Crippen molar-refractivity contribution in [1.29, 1.82) is 0 Å². The standard InChI is InChI=1S/C17H20FN3O3/c18-14-3-1-13(2-4-14)16-21-15(11-24-16)5-7-19-17(22)20-9-12-6-8-23-10-12/h1-4,11-12H,5-10H2,(H2,19,20,22)/t12-/m1/s1. The fraction of sp³-hybridized carbons (Fsp3) is 0.412. The molecule has 128 valence electrons. The van der Waals surface area contributed by atoms with Crippen LogP contribution in [0.4, 0.5) is 9.18 Å². The number of urea groups is 1. The molecule has 0 aliphatic carbocycles. The highest BCUT2D eigenvalue weighted by molar-refractivity contribution is 5.73. The van der Waals surface area contributed by atoms with E-state index in [1.54, 1.807) is 18.4 Å². The molecule has 1 aromatic heterocycles. The molecule has 2 aromatic rings. The molecule has 1 saturated heterocycles. The molecular weight excluding hydrogens is 313 g/mol. The van der Waals surface area contributed by atoms with Crippen LogP contribution in [0.15, 0.2) is 34.9 Å². The summed E-state index contributed by atoms with van der Waals surface area (Å²) < 4.78 is 23.6. The normalized spacial score (nSPS) is 17.0. The molecule has 1 aliphatic heterocycles. The van der Waals surface area contributed by atoms with Crippen LogP contribution >= 0.6 is 0 Å². The minimum Gasteiger partial charge on any atom is -0.444 e. The van der Waals surface area contributed by atoms with Gasteiger partial charge in [-0.25, -0.2) is 14.2 Å². The van der Waals surface area contributed by atoms with Crippen molar-refractivity contribution in [3.8, 4) is 11.5 Å². The summed E-state index contributed by atoms with van der Waals surface area (Å²) in [6.45, 7) is 2.58. The Morgan fingerprint density at radius 1 is 1.29 bits per heavy atom. The molecule has 0 bridgehead atoms. The summed E-state index contributed by atoms with van der Waals surface area (Å²) in [6.07, 6.45) is 3.10. The molecule has 2 N–H and O–H groups in total. The van der Waals surface area contributed by atoms with E-state index in [4.69, 9.17) is 9.15 Å². The summed E-state index contributed by atoms with van der Waals surface area (Å²) in [6, 6.07) is 5.76. The maximum Gasteiger partial charge on any atom is 0.314 e. The number of carbonyl (C=O) groups is 1. The number of halogens is 1. The van der Waals surface area contributed by atoms with Crippen LogP contribution in [0.3, 0.4) is 0 Å². The molecular formula is C17H20FN3O3. The second-order valence-electron chi connectivity index (χ2n) is 5.77. The molecule has 1 aliphatic rings. The van der Waals surface area contributed by atoms with Gasteiger partial charge in [0, 0.05) is 37.6 Å². The Morgan fingerprint density at radius 2 is 2.12 bits per heavy atom. The number of oxazole rings is 1. The van der Waals surface area contributed by atoms with Crippen molar-refractivity contribution in [3.05, 3.63) is 42.0 Å². The van der Waals surface area contributed by atoms with Gasteiger partial charge < -0.3 is 19.8 Å². The largest absolute Gasteiger partial charge is 0.444 e. The third-order valence-electron chi connectivity index (χ3n) is 3.88. The molecule has 0 spiro atoms. The van der Waals surface area contributed by atoms with E-state index in [2.05, 4.69) is 15.6 Å². The highest BCUT2D eigenvalue weighted by atomic mass is 19.1. The first-order chi connectivity index (χ1) is 11.7. The van der Waals surface area contributed by atoms with E-state index >= 15 is 0 Å². The summed E-state index contributed by atoms with van der Waals surface area (Å²) in [5, 5.41) is 5.63. The smallest absolute Gasteiger partial charge is 0.314 e. The number of carbonyl (C=O) groups excluding carboxylic acids is 1. The average molecular weight is 333 g/mol. The second-order valence-corrected chi connectivity index (χ2v) is 5.77. The molecule has 1 fully saturated rings. The lowest BCUT2D eigenvalue weighted by molar-refractivity contribution is 0.185. The number of benzene rings is 1. The van der Waals surface area contributed by atoms with Crippen LogP contribution in [-0.4, -0.2) is 37.3 Å². The highest BCUT2D eigenvalue weighted by Gasteiger charge is 2.16. The van der Waals surface area contributed by atoms with Crippen LogP contribution < -0.4 is 10.6 Å². The van der Waals surface area contributed by atoms with Gasteiger partial charge >= 0.3 is 6.03 Å². The Bertz CT molecular complexity index is 666. The van der Waals surface area contributed by atoms with E-state index in [-0.39, 0.29) is 11.8 Å². The first-order valence-electron chi connectivity index (χ1n) is 8.00. The first-order valence-corrected chi connectivity index (χ1v) is 8.00. The van der Waals surface area contributed by atoms with Crippen molar-refractivity contribution in [2.45, 2.75) is 12.8 Å². The van der Waals surface area contributed by atoms with Gasteiger partial charge in [-0.05, 0) is 30.7 Å². The summed E-state index contributed by atoms with van der Waals surface area (Å²) in [7, 11) is 0. The molecule has 7 heteroatoms. The SMILES string of the molecule is O=C(NCCc1coc(-c2ccc(F)cc2)n1)NC[C@H]1CCOC1. The van der Waals surface area contributed by atoms with Crippen molar-refractivity contribution in [1.82, 2.24) is 15.6 Å². The van der Waals surface area contributed by atoms with Crippen molar-refractivity contribution in [3.63, 3.8) is 0 Å². The fourth-order valence-corrected chi connectivity index (χ4v) is 2.49. The van der Waals surface area contributed by atoms with Crippen LogP contribution in [0.2, 0.25) is 0 Å². The Balaban J connectivity index is 1.40. The van der Waals surface area contributed by atoms with Gasteiger partial charge in [-0.1, -0.05) is 0 Å². The molecule has 2 amide bonds. The molecule has 1 aromatic carbocycles. The number of nitrogens with one attached hydrogen (secondary N) is 2. The van der Waals surface area contributed by atoms with Crippen LogP contribution in [0, 0.1) is 11.7 Å². The van der Waals surface area contributed by atoms with Crippen molar-refractivity contribution in [2.75, 3.05) is 26.3 Å². The predicted molar refractivity (Wildman–Crippen MR) is 85.9 cm³/mol. The molecule has 0 unspecified atom stereocenters. The first kappa shape index (κ1) is 16.4. The van der Waals surface area contributed by atoms with Gasteiger partial charge in [-0.2, -0.15) is 0 Å². The maximum atomic E-state index is 12.9. The van der Waals surface area contributed by atoms with Crippen LogP contribution in [-0.2, 0) is 11.2 Å². The number of aromatic nitrogens is 1. The number of ether oxygens (including phenoxy) is 1. The quantitative estimate of drug-likeness (QED) is 0.851. The van der Waals surface area contributed by atoms with Crippen LogP contribution in [0.1, 0.15) is 12.1 Å². The highest BCUT2D eigenvalue weighted by Crippen LogP contribution is 2.19. The average Bonchev–Trinajstić information content (AvgIpc) is 3.25. The van der Waals surface area contributed by atoms with Crippen molar-refractivity contribution < 1.29 is 18.3 Å². The summed E-state index contributed by atoms with van der Waals surface area (Å²) in [5.74, 6) is 0.546. The fourth-order valence-electron chi connectivity index (χ4n) is 2.49. The molecule has 0 radical (unpaired) electrons. The van der Waals surface area contributed by atoms with E-state index in [1.807, 2.05) is 0 Å². The lowest BCUT2D eigenvalue weighted by Crippen LogP contribution is -2.39. The number of hydrogen-bond acceptors (Lipinski definition) is 4. The van der Waals surface area contributed by atoms with Crippen LogP contribution in [0.5, 0.6) is 0 Å². The lowest BCUT2D eigenvalue weighted by atomic mass is 10.1. The predicted octanol–water partition coefficient (Wildman–Crippen LogP) is 2.36. The van der Waals surface area contributed by atoms with Gasteiger partial charge in [0.05, 0.1) is 12.3 Å². The summed E-state index contributed by atoms with van der Waals surface area (Å²) in [5.41, 5.74) is 1.45. The lowest BCUT2D eigenvalue weighted by Gasteiger charge is -2.10. The second kappa shape index (κ2) is 7.92. The third kappa shape index (κ3) is 4.55. The molecule has 6 nitrogen and oxygen atoms in total. The van der Waals surface area contributed by atoms with Crippen LogP contribution in [0.25, 0.3) is 11.5 Å². The molecule has 3 rings (SSSR count). The number of hydrogen-bond donors (Lipinski definition) is 2. The zero-order chi connectivity index (χ0) is 16.8. The topological polar surface area (TPSA) is 76.4 Å². The number of amides is 2. The third-order valence-corrected chi connectivity index (χ3v) is 3.88. The van der Waals surface area contributed by atoms with Gasteiger partial charge in [0.1, 0.15) is 12.1 Å². The zero-order valence-electron chi connectivity index (χ0n) is 13.3. The Labute approximate surface area is 139 Å². The van der Waals surface area contributed by atoms with Gasteiger partial charge in [0.15, 0.2) is 0 Å².